The number of amides is 1. The summed E-state index contributed by atoms with van der Waals surface area (Å²) in [7, 11) is 0. The molecule has 4 heteroatoms. The number of carbonyl (C=O) groups is 1. The zero-order valence-electron chi connectivity index (χ0n) is 14.2. The van der Waals surface area contributed by atoms with E-state index in [1.807, 2.05) is 36.1 Å². The molecule has 2 rings (SSSR count). The van der Waals surface area contributed by atoms with Crippen molar-refractivity contribution in [1.29, 1.82) is 0 Å². The second-order valence-corrected chi connectivity index (χ2v) is 7.22. The molecule has 22 heavy (non-hydrogen) atoms. The van der Waals surface area contributed by atoms with Gasteiger partial charge in [0.25, 0.3) is 0 Å². The molecule has 1 aliphatic heterocycles. The fourth-order valence-electron chi connectivity index (χ4n) is 2.64. The van der Waals surface area contributed by atoms with E-state index in [0.29, 0.717) is 0 Å². The predicted molar refractivity (Wildman–Crippen MR) is 89.8 cm³/mol. The van der Waals surface area contributed by atoms with Crippen LogP contribution in [0.5, 0.6) is 0 Å². The Bertz CT molecular complexity index is 497. The number of benzene rings is 1. The van der Waals surface area contributed by atoms with Crippen molar-refractivity contribution in [3.63, 3.8) is 0 Å². The largest absolute Gasteiger partial charge is 0.392 e. The van der Waals surface area contributed by atoms with Gasteiger partial charge in [0.1, 0.15) is 0 Å². The van der Waals surface area contributed by atoms with Crippen molar-refractivity contribution in [1.82, 2.24) is 4.90 Å². The van der Waals surface area contributed by atoms with Crippen molar-refractivity contribution in [3.05, 3.63) is 29.8 Å². The maximum atomic E-state index is 12.6. The summed E-state index contributed by atoms with van der Waals surface area (Å²) in [5.41, 5.74) is 2.10. The maximum Gasteiger partial charge on any atom is 0.226 e. The molecule has 0 saturated carbocycles. The van der Waals surface area contributed by atoms with Gasteiger partial charge in [-0.2, -0.15) is 0 Å². The fraction of sp³-hybridized carbons (Fsp3) is 0.611. The molecule has 1 N–H and O–H groups in total. The van der Waals surface area contributed by atoms with Gasteiger partial charge < -0.3 is 14.9 Å². The molecule has 0 spiro atoms. The first kappa shape index (κ1) is 16.8. The third kappa shape index (κ3) is 3.80. The van der Waals surface area contributed by atoms with Crippen molar-refractivity contribution in [2.24, 2.45) is 11.3 Å². The van der Waals surface area contributed by atoms with E-state index in [4.69, 9.17) is 5.11 Å². The van der Waals surface area contributed by atoms with Gasteiger partial charge in [-0.3, -0.25) is 4.79 Å². The third-order valence-corrected chi connectivity index (χ3v) is 4.74. The van der Waals surface area contributed by atoms with Gasteiger partial charge in [-0.1, -0.05) is 39.8 Å². The van der Waals surface area contributed by atoms with E-state index in [0.717, 1.165) is 37.4 Å². The van der Waals surface area contributed by atoms with Crippen LogP contribution in [0.25, 0.3) is 0 Å². The number of aliphatic hydroxyl groups excluding tert-OH is 1. The van der Waals surface area contributed by atoms with Crippen LogP contribution in [0, 0.1) is 11.3 Å². The van der Waals surface area contributed by atoms with Gasteiger partial charge in [-0.25, -0.2) is 0 Å². The Morgan fingerprint density at radius 3 is 2.14 bits per heavy atom. The van der Waals surface area contributed by atoms with Gasteiger partial charge in [0, 0.05) is 37.8 Å². The molecule has 1 amide bonds. The van der Waals surface area contributed by atoms with Gasteiger partial charge >= 0.3 is 0 Å². The SMILES string of the molecule is C[C@H](C(=O)N1CCN(c2ccc(CO)cc2)CC1)C(C)(C)C. The van der Waals surface area contributed by atoms with E-state index < -0.39 is 0 Å². The van der Waals surface area contributed by atoms with E-state index in [9.17, 15) is 4.79 Å². The van der Waals surface area contributed by atoms with Crippen LogP contribution in [-0.2, 0) is 11.4 Å². The average molecular weight is 304 g/mol. The van der Waals surface area contributed by atoms with Gasteiger partial charge in [0.05, 0.1) is 6.61 Å². The van der Waals surface area contributed by atoms with E-state index in [1.165, 1.54) is 0 Å². The highest BCUT2D eigenvalue weighted by atomic mass is 16.3. The normalized spacial score (nSPS) is 17.5. The minimum atomic E-state index is 0.00828. The summed E-state index contributed by atoms with van der Waals surface area (Å²) in [4.78, 5) is 16.8. The summed E-state index contributed by atoms with van der Waals surface area (Å²) in [6, 6.07) is 7.99. The highest BCUT2D eigenvalue weighted by molar-refractivity contribution is 5.79. The number of hydrogen-bond donors (Lipinski definition) is 1. The van der Waals surface area contributed by atoms with Crippen LogP contribution in [0.3, 0.4) is 0 Å². The van der Waals surface area contributed by atoms with Gasteiger partial charge in [-0.05, 0) is 23.1 Å². The fourth-order valence-corrected chi connectivity index (χ4v) is 2.64. The minimum absolute atomic E-state index is 0.00828. The van der Waals surface area contributed by atoms with Crippen molar-refractivity contribution in [2.45, 2.75) is 34.3 Å². The highest BCUT2D eigenvalue weighted by Crippen LogP contribution is 2.27. The Kier molecular flexibility index (Phi) is 5.12. The molecule has 0 radical (unpaired) electrons. The predicted octanol–water partition coefficient (Wildman–Crippen LogP) is 2.51. The Hall–Kier alpha value is -1.55. The number of nitrogens with zero attached hydrogens (tertiary/aromatic N) is 2. The minimum Gasteiger partial charge on any atom is -0.392 e. The van der Waals surface area contributed by atoms with Crippen LogP contribution in [0.4, 0.5) is 5.69 Å². The number of piperazine rings is 1. The summed E-state index contributed by atoms with van der Waals surface area (Å²) in [5.74, 6) is 0.311. The first-order chi connectivity index (χ1) is 10.3. The van der Waals surface area contributed by atoms with Crippen LogP contribution in [0.15, 0.2) is 24.3 Å². The van der Waals surface area contributed by atoms with E-state index >= 15 is 0 Å². The lowest BCUT2D eigenvalue weighted by Gasteiger charge is -2.39. The summed E-state index contributed by atoms with van der Waals surface area (Å²) < 4.78 is 0. The van der Waals surface area contributed by atoms with Crippen molar-refractivity contribution < 1.29 is 9.90 Å². The lowest BCUT2D eigenvalue weighted by atomic mass is 9.81. The zero-order chi connectivity index (χ0) is 16.3. The van der Waals surface area contributed by atoms with Crippen molar-refractivity contribution in [3.8, 4) is 0 Å². The summed E-state index contributed by atoms with van der Waals surface area (Å²) >= 11 is 0. The van der Waals surface area contributed by atoms with Crippen molar-refractivity contribution >= 4 is 11.6 Å². The average Bonchev–Trinajstić information content (AvgIpc) is 2.53. The second kappa shape index (κ2) is 6.69. The first-order valence-corrected chi connectivity index (χ1v) is 8.06. The van der Waals surface area contributed by atoms with Gasteiger partial charge in [-0.15, -0.1) is 0 Å². The zero-order valence-corrected chi connectivity index (χ0v) is 14.2. The molecule has 122 valence electrons. The molecule has 1 aromatic rings. The van der Waals surface area contributed by atoms with E-state index in [-0.39, 0.29) is 23.8 Å². The quantitative estimate of drug-likeness (QED) is 0.933. The molecule has 1 heterocycles. The molecule has 1 aliphatic rings. The molecule has 0 bridgehead atoms. The molecule has 1 fully saturated rings. The molecular formula is C18H28N2O2. The third-order valence-electron chi connectivity index (χ3n) is 4.74. The second-order valence-electron chi connectivity index (χ2n) is 7.22. The molecule has 1 saturated heterocycles. The Balaban J connectivity index is 1.93. The summed E-state index contributed by atoms with van der Waals surface area (Å²) in [6.45, 7) is 11.7. The van der Waals surface area contributed by atoms with Crippen LogP contribution in [0.2, 0.25) is 0 Å². The van der Waals surface area contributed by atoms with Gasteiger partial charge in [0.2, 0.25) is 5.91 Å². The number of anilines is 1. The number of rotatable bonds is 3. The molecule has 0 unspecified atom stereocenters. The Morgan fingerprint density at radius 2 is 1.68 bits per heavy atom. The van der Waals surface area contributed by atoms with Crippen LogP contribution in [0.1, 0.15) is 33.3 Å². The number of carbonyl (C=O) groups excluding carboxylic acids is 1. The highest BCUT2D eigenvalue weighted by Gasteiger charge is 2.31. The van der Waals surface area contributed by atoms with E-state index in [2.05, 4.69) is 25.7 Å². The molecular weight excluding hydrogens is 276 g/mol. The topological polar surface area (TPSA) is 43.8 Å². The Morgan fingerprint density at radius 1 is 1.14 bits per heavy atom. The van der Waals surface area contributed by atoms with Gasteiger partial charge in [0.15, 0.2) is 0 Å². The Labute approximate surface area is 133 Å². The van der Waals surface area contributed by atoms with Crippen LogP contribution >= 0.6 is 0 Å². The molecule has 0 aliphatic carbocycles. The summed E-state index contributed by atoms with van der Waals surface area (Å²) in [5, 5.41) is 9.09. The lowest BCUT2D eigenvalue weighted by Crippen LogP contribution is -2.51. The molecule has 4 nitrogen and oxygen atoms in total. The molecule has 0 aromatic heterocycles. The van der Waals surface area contributed by atoms with Crippen molar-refractivity contribution in [2.75, 3.05) is 31.1 Å². The standard InChI is InChI=1S/C18H28N2O2/c1-14(18(2,3)4)17(22)20-11-9-19(10-12-20)16-7-5-15(13-21)6-8-16/h5-8,14,21H,9-13H2,1-4H3/t14-/m1/s1. The first-order valence-electron chi connectivity index (χ1n) is 8.06. The van der Waals surface area contributed by atoms with Crippen LogP contribution < -0.4 is 4.90 Å². The lowest BCUT2D eigenvalue weighted by molar-refractivity contribution is -0.138. The summed E-state index contributed by atoms with van der Waals surface area (Å²) in [6.07, 6.45) is 0. The number of aliphatic hydroxyl groups is 1. The number of hydrogen-bond acceptors (Lipinski definition) is 3. The van der Waals surface area contributed by atoms with Crippen LogP contribution in [-0.4, -0.2) is 42.1 Å². The smallest absolute Gasteiger partial charge is 0.226 e. The molecule has 1 aromatic carbocycles. The molecule has 1 atom stereocenters. The van der Waals surface area contributed by atoms with E-state index in [1.54, 1.807) is 0 Å². The monoisotopic (exact) mass is 304 g/mol. The maximum absolute atomic E-state index is 12.6.